The third kappa shape index (κ3) is 2.89. The molecule has 1 fully saturated rings. The molecule has 0 amide bonds. The van der Waals surface area contributed by atoms with Crippen molar-refractivity contribution < 1.29 is 9.47 Å². The minimum Gasteiger partial charge on any atom is -0.493 e. The molecular formula is C13H19NO2. The third-order valence-electron chi connectivity index (χ3n) is 2.94. The number of ether oxygens (including phenoxy) is 2. The van der Waals surface area contributed by atoms with Gasteiger partial charge in [0.05, 0.1) is 13.7 Å². The lowest BCUT2D eigenvalue weighted by Crippen LogP contribution is -2.33. The van der Waals surface area contributed by atoms with Crippen LogP contribution < -0.4 is 14.8 Å². The van der Waals surface area contributed by atoms with Crippen molar-refractivity contribution in [3.05, 3.63) is 24.3 Å². The molecule has 2 rings (SSSR count). The summed E-state index contributed by atoms with van der Waals surface area (Å²) in [4.78, 5) is 0. The number of nitrogens with one attached hydrogen (secondary N) is 1. The minimum atomic E-state index is 0.624. The highest BCUT2D eigenvalue weighted by molar-refractivity contribution is 5.39. The number of hydrogen-bond acceptors (Lipinski definition) is 3. The van der Waals surface area contributed by atoms with Gasteiger partial charge in [-0.2, -0.15) is 0 Å². The normalized spacial score (nSPS) is 20.4. The summed E-state index contributed by atoms with van der Waals surface area (Å²) in [5, 5.41) is 3.39. The van der Waals surface area contributed by atoms with Crippen LogP contribution in [0.2, 0.25) is 0 Å². The smallest absolute Gasteiger partial charge is 0.161 e. The summed E-state index contributed by atoms with van der Waals surface area (Å²) in [6.45, 7) is 2.98. The van der Waals surface area contributed by atoms with Crippen LogP contribution in [0.3, 0.4) is 0 Å². The molecule has 3 nitrogen and oxygen atoms in total. The number of methoxy groups -OCH3 is 1. The zero-order chi connectivity index (χ0) is 11.2. The lowest BCUT2D eigenvalue weighted by molar-refractivity contribution is 0.211. The highest BCUT2D eigenvalue weighted by atomic mass is 16.5. The second-order valence-electron chi connectivity index (χ2n) is 4.17. The van der Waals surface area contributed by atoms with Crippen molar-refractivity contribution in [2.45, 2.75) is 12.8 Å². The quantitative estimate of drug-likeness (QED) is 0.844. The van der Waals surface area contributed by atoms with Gasteiger partial charge in [-0.05, 0) is 31.5 Å². The van der Waals surface area contributed by atoms with Gasteiger partial charge in [-0.25, -0.2) is 0 Å². The lowest BCUT2D eigenvalue weighted by Gasteiger charge is -2.23. The van der Waals surface area contributed by atoms with Crippen LogP contribution >= 0.6 is 0 Å². The van der Waals surface area contributed by atoms with Crippen LogP contribution in [0.4, 0.5) is 0 Å². The second-order valence-corrected chi connectivity index (χ2v) is 4.17. The number of benzene rings is 1. The largest absolute Gasteiger partial charge is 0.493 e. The molecule has 0 radical (unpaired) electrons. The van der Waals surface area contributed by atoms with E-state index in [0.29, 0.717) is 5.92 Å². The molecule has 3 heteroatoms. The van der Waals surface area contributed by atoms with Gasteiger partial charge in [-0.3, -0.25) is 0 Å². The first-order valence-corrected chi connectivity index (χ1v) is 5.86. The molecule has 1 unspecified atom stereocenters. The molecule has 0 aromatic heterocycles. The van der Waals surface area contributed by atoms with E-state index in [1.807, 2.05) is 24.3 Å². The first-order valence-electron chi connectivity index (χ1n) is 5.86. The van der Waals surface area contributed by atoms with Gasteiger partial charge in [0, 0.05) is 12.5 Å². The van der Waals surface area contributed by atoms with Gasteiger partial charge in [-0.15, -0.1) is 0 Å². The van der Waals surface area contributed by atoms with Crippen LogP contribution in [0.5, 0.6) is 11.5 Å². The van der Waals surface area contributed by atoms with E-state index in [1.165, 1.54) is 12.8 Å². The number of para-hydroxylation sites is 2. The predicted molar refractivity (Wildman–Crippen MR) is 64.1 cm³/mol. The van der Waals surface area contributed by atoms with E-state index in [-0.39, 0.29) is 0 Å². The summed E-state index contributed by atoms with van der Waals surface area (Å²) in [5.74, 6) is 2.28. The Labute approximate surface area is 96.8 Å². The predicted octanol–water partition coefficient (Wildman–Crippen LogP) is 2.07. The Morgan fingerprint density at radius 3 is 2.81 bits per heavy atom. The van der Waals surface area contributed by atoms with E-state index >= 15 is 0 Å². The molecule has 1 aliphatic rings. The van der Waals surface area contributed by atoms with Crippen LogP contribution in [-0.4, -0.2) is 26.8 Å². The molecule has 0 saturated carbocycles. The topological polar surface area (TPSA) is 30.5 Å². The minimum absolute atomic E-state index is 0.624. The fourth-order valence-electron chi connectivity index (χ4n) is 2.01. The van der Waals surface area contributed by atoms with Gasteiger partial charge in [0.15, 0.2) is 11.5 Å². The number of rotatable bonds is 4. The van der Waals surface area contributed by atoms with Crippen molar-refractivity contribution >= 4 is 0 Å². The first-order chi connectivity index (χ1) is 7.90. The highest BCUT2D eigenvalue weighted by Gasteiger charge is 2.14. The average Bonchev–Trinajstić information content (AvgIpc) is 2.38. The summed E-state index contributed by atoms with van der Waals surface area (Å²) >= 11 is 0. The Balaban J connectivity index is 1.88. The van der Waals surface area contributed by atoms with Gasteiger partial charge in [0.1, 0.15) is 0 Å². The summed E-state index contributed by atoms with van der Waals surface area (Å²) in [6.07, 6.45) is 2.50. The van der Waals surface area contributed by atoms with Crippen LogP contribution in [0.15, 0.2) is 24.3 Å². The third-order valence-corrected chi connectivity index (χ3v) is 2.94. The first kappa shape index (κ1) is 11.3. The maximum absolute atomic E-state index is 5.80. The fourth-order valence-corrected chi connectivity index (χ4v) is 2.01. The van der Waals surface area contributed by atoms with Gasteiger partial charge in [0.2, 0.25) is 0 Å². The zero-order valence-corrected chi connectivity index (χ0v) is 9.74. The molecule has 1 aromatic carbocycles. The maximum Gasteiger partial charge on any atom is 0.161 e. The van der Waals surface area contributed by atoms with E-state index in [9.17, 15) is 0 Å². The molecule has 16 heavy (non-hydrogen) atoms. The van der Waals surface area contributed by atoms with E-state index in [2.05, 4.69) is 5.32 Å². The summed E-state index contributed by atoms with van der Waals surface area (Å²) in [7, 11) is 1.67. The molecular weight excluding hydrogens is 202 g/mol. The lowest BCUT2D eigenvalue weighted by atomic mass is 10.0. The molecule has 0 spiro atoms. The van der Waals surface area contributed by atoms with E-state index in [4.69, 9.17) is 9.47 Å². The molecule has 1 N–H and O–H groups in total. The average molecular weight is 221 g/mol. The second kappa shape index (κ2) is 5.75. The molecule has 1 atom stereocenters. The van der Waals surface area contributed by atoms with Crippen molar-refractivity contribution in [1.29, 1.82) is 0 Å². The van der Waals surface area contributed by atoms with Gasteiger partial charge in [0.25, 0.3) is 0 Å². The van der Waals surface area contributed by atoms with Crippen molar-refractivity contribution in [3.63, 3.8) is 0 Å². The van der Waals surface area contributed by atoms with E-state index in [1.54, 1.807) is 7.11 Å². The molecule has 1 aliphatic heterocycles. The van der Waals surface area contributed by atoms with Crippen LogP contribution in [0.1, 0.15) is 12.8 Å². The van der Waals surface area contributed by atoms with Gasteiger partial charge < -0.3 is 14.8 Å². The number of hydrogen-bond donors (Lipinski definition) is 1. The molecule has 0 bridgehead atoms. The fraction of sp³-hybridized carbons (Fsp3) is 0.538. The molecule has 1 saturated heterocycles. The monoisotopic (exact) mass is 221 g/mol. The summed E-state index contributed by atoms with van der Waals surface area (Å²) in [6, 6.07) is 7.80. The molecule has 1 aromatic rings. The zero-order valence-electron chi connectivity index (χ0n) is 9.74. The Morgan fingerprint density at radius 1 is 1.31 bits per heavy atom. The Bertz CT molecular complexity index is 321. The van der Waals surface area contributed by atoms with Crippen molar-refractivity contribution in [1.82, 2.24) is 5.32 Å². The molecule has 88 valence electrons. The van der Waals surface area contributed by atoms with Crippen molar-refractivity contribution in [2.75, 3.05) is 26.8 Å². The van der Waals surface area contributed by atoms with E-state index in [0.717, 1.165) is 31.2 Å². The maximum atomic E-state index is 5.80. The summed E-state index contributed by atoms with van der Waals surface area (Å²) < 4.78 is 11.0. The Morgan fingerprint density at radius 2 is 2.12 bits per heavy atom. The Kier molecular flexibility index (Phi) is 4.05. The van der Waals surface area contributed by atoms with Gasteiger partial charge >= 0.3 is 0 Å². The molecule has 1 heterocycles. The van der Waals surface area contributed by atoms with Gasteiger partial charge in [-0.1, -0.05) is 12.1 Å². The highest BCUT2D eigenvalue weighted by Crippen LogP contribution is 2.26. The van der Waals surface area contributed by atoms with Crippen molar-refractivity contribution in [3.8, 4) is 11.5 Å². The van der Waals surface area contributed by atoms with Crippen LogP contribution in [0, 0.1) is 5.92 Å². The van der Waals surface area contributed by atoms with Crippen LogP contribution in [-0.2, 0) is 0 Å². The summed E-state index contributed by atoms with van der Waals surface area (Å²) in [5.41, 5.74) is 0. The molecule has 0 aliphatic carbocycles. The van der Waals surface area contributed by atoms with E-state index < -0.39 is 0 Å². The van der Waals surface area contributed by atoms with Crippen molar-refractivity contribution in [2.24, 2.45) is 5.92 Å². The standard InChI is InChI=1S/C13H19NO2/c1-15-12-6-2-3-7-13(12)16-10-11-5-4-8-14-9-11/h2-3,6-7,11,14H,4-5,8-10H2,1H3. The SMILES string of the molecule is COc1ccccc1OCC1CCCNC1. The van der Waals surface area contributed by atoms with Crippen LogP contribution in [0.25, 0.3) is 0 Å². The number of piperidine rings is 1. The Hall–Kier alpha value is -1.22.